The van der Waals surface area contributed by atoms with E-state index in [9.17, 15) is 0 Å². The van der Waals surface area contributed by atoms with Crippen LogP contribution in [0.5, 0.6) is 5.75 Å². The van der Waals surface area contributed by atoms with Crippen LogP contribution in [0.3, 0.4) is 0 Å². The zero-order valence-corrected chi connectivity index (χ0v) is 12.6. The molecule has 0 saturated heterocycles. The van der Waals surface area contributed by atoms with Gasteiger partial charge in [0.2, 0.25) is 0 Å². The van der Waals surface area contributed by atoms with Gasteiger partial charge in [0, 0.05) is 12.1 Å². The second kappa shape index (κ2) is 6.29. The zero-order valence-electron chi connectivity index (χ0n) is 11.8. The monoisotopic (exact) mass is 280 g/mol. The summed E-state index contributed by atoms with van der Waals surface area (Å²) < 4.78 is 7.56. The molecule has 0 spiro atoms. The van der Waals surface area contributed by atoms with E-state index in [0.717, 1.165) is 29.0 Å². The van der Waals surface area contributed by atoms with Crippen molar-refractivity contribution in [1.29, 1.82) is 0 Å². The fourth-order valence-electron chi connectivity index (χ4n) is 2.46. The van der Waals surface area contributed by atoms with Crippen molar-refractivity contribution >= 4 is 22.6 Å². The number of benzene rings is 1. The molecule has 1 aromatic carbocycles. The largest absolute Gasteiger partial charge is 0.497 e. The predicted octanol–water partition coefficient (Wildman–Crippen LogP) is 4.53. The van der Waals surface area contributed by atoms with E-state index < -0.39 is 0 Å². The third-order valence-electron chi connectivity index (χ3n) is 3.51. The van der Waals surface area contributed by atoms with Crippen LogP contribution in [0.25, 0.3) is 11.0 Å². The first-order valence-corrected chi connectivity index (χ1v) is 7.35. The van der Waals surface area contributed by atoms with Gasteiger partial charge in [0.05, 0.1) is 24.0 Å². The number of halogens is 1. The lowest BCUT2D eigenvalue weighted by Crippen LogP contribution is -2.08. The standard InChI is InChI=1S/C15H21ClN2O/c1-4-5-6-11(2)18-14-9-12(19-3)7-8-13(14)17-15(18)10-16/h7-9,11H,4-6,10H2,1-3H3. The summed E-state index contributed by atoms with van der Waals surface area (Å²) >= 11 is 6.04. The fourth-order valence-corrected chi connectivity index (χ4v) is 2.65. The van der Waals surface area contributed by atoms with Crippen molar-refractivity contribution in [2.24, 2.45) is 0 Å². The molecule has 104 valence electrons. The van der Waals surface area contributed by atoms with E-state index in [4.69, 9.17) is 16.3 Å². The zero-order chi connectivity index (χ0) is 13.8. The quantitative estimate of drug-likeness (QED) is 0.727. The topological polar surface area (TPSA) is 27.1 Å². The average molecular weight is 281 g/mol. The summed E-state index contributed by atoms with van der Waals surface area (Å²) in [5, 5.41) is 0. The first-order valence-electron chi connectivity index (χ1n) is 6.82. The van der Waals surface area contributed by atoms with Gasteiger partial charge in [-0.3, -0.25) is 0 Å². The van der Waals surface area contributed by atoms with E-state index in [-0.39, 0.29) is 0 Å². The SMILES string of the molecule is CCCCC(C)n1c(CCl)nc2ccc(OC)cc21. The average Bonchev–Trinajstić information content (AvgIpc) is 2.82. The highest BCUT2D eigenvalue weighted by atomic mass is 35.5. The Bertz CT molecular complexity index is 550. The Balaban J connectivity index is 2.48. The van der Waals surface area contributed by atoms with Crippen LogP contribution in [-0.4, -0.2) is 16.7 Å². The van der Waals surface area contributed by atoms with Crippen molar-refractivity contribution in [3.05, 3.63) is 24.0 Å². The number of fused-ring (bicyclic) bond motifs is 1. The molecule has 2 rings (SSSR count). The molecule has 0 saturated carbocycles. The van der Waals surface area contributed by atoms with Crippen LogP contribution in [0.2, 0.25) is 0 Å². The number of aromatic nitrogens is 2. The maximum atomic E-state index is 6.04. The number of methoxy groups -OCH3 is 1. The molecule has 1 atom stereocenters. The van der Waals surface area contributed by atoms with Gasteiger partial charge in [-0.05, 0) is 25.5 Å². The Labute approximate surface area is 119 Å². The molecule has 1 heterocycles. The Morgan fingerprint density at radius 2 is 2.21 bits per heavy atom. The number of hydrogen-bond acceptors (Lipinski definition) is 2. The summed E-state index contributed by atoms with van der Waals surface area (Å²) in [6.45, 7) is 4.44. The number of alkyl halides is 1. The van der Waals surface area contributed by atoms with Gasteiger partial charge in [-0.15, -0.1) is 11.6 Å². The highest BCUT2D eigenvalue weighted by molar-refractivity contribution is 6.16. The number of imidazole rings is 1. The highest BCUT2D eigenvalue weighted by Gasteiger charge is 2.15. The maximum absolute atomic E-state index is 6.04. The Hall–Kier alpha value is -1.22. The Morgan fingerprint density at radius 1 is 1.42 bits per heavy atom. The van der Waals surface area contributed by atoms with Crippen LogP contribution < -0.4 is 4.74 Å². The van der Waals surface area contributed by atoms with Crippen LogP contribution in [0.15, 0.2) is 18.2 Å². The minimum atomic E-state index is 0.408. The van der Waals surface area contributed by atoms with E-state index in [0.29, 0.717) is 11.9 Å². The van der Waals surface area contributed by atoms with Crippen LogP contribution in [0.4, 0.5) is 0 Å². The van der Waals surface area contributed by atoms with Gasteiger partial charge in [-0.1, -0.05) is 19.8 Å². The number of ether oxygens (including phenoxy) is 1. The van der Waals surface area contributed by atoms with Gasteiger partial charge in [-0.25, -0.2) is 4.98 Å². The number of unbranched alkanes of at least 4 members (excludes halogenated alkanes) is 1. The second-order valence-electron chi connectivity index (χ2n) is 4.88. The summed E-state index contributed by atoms with van der Waals surface area (Å²) in [5.41, 5.74) is 2.10. The van der Waals surface area contributed by atoms with E-state index in [1.165, 1.54) is 12.8 Å². The molecule has 1 aromatic heterocycles. The maximum Gasteiger partial charge on any atom is 0.125 e. The second-order valence-corrected chi connectivity index (χ2v) is 5.14. The lowest BCUT2D eigenvalue weighted by molar-refractivity contribution is 0.414. The summed E-state index contributed by atoms with van der Waals surface area (Å²) in [7, 11) is 1.69. The molecule has 0 fully saturated rings. The van der Waals surface area contributed by atoms with E-state index in [1.54, 1.807) is 7.11 Å². The fraction of sp³-hybridized carbons (Fsp3) is 0.533. The van der Waals surface area contributed by atoms with Gasteiger partial charge in [0.1, 0.15) is 11.6 Å². The molecule has 0 aliphatic carbocycles. The minimum absolute atomic E-state index is 0.408. The number of hydrogen-bond donors (Lipinski definition) is 0. The van der Waals surface area contributed by atoms with Gasteiger partial charge >= 0.3 is 0 Å². The highest BCUT2D eigenvalue weighted by Crippen LogP contribution is 2.28. The molecule has 1 unspecified atom stereocenters. The van der Waals surface area contributed by atoms with Crippen LogP contribution >= 0.6 is 11.6 Å². The Morgan fingerprint density at radius 3 is 2.84 bits per heavy atom. The van der Waals surface area contributed by atoms with Crippen LogP contribution in [0, 0.1) is 0 Å². The van der Waals surface area contributed by atoms with Crippen LogP contribution in [-0.2, 0) is 5.88 Å². The number of nitrogens with zero attached hydrogens (tertiary/aromatic N) is 2. The van der Waals surface area contributed by atoms with E-state index >= 15 is 0 Å². The molecule has 0 N–H and O–H groups in total. The lowest BCUT2D eigenvalue weighted by Gasteiger charge is -2.16. The molecule has 0 aliphatic heterocycles. The Kier molecular flexibility index (Phi) is 4.70. The molecule has 4 heteroatoms. The van der Waals surface area contributed by atoms with E-state index in [2.05, 4.69) is 23.4 Å². The minimum Gasteiger partial charge on any atom is -0.497 e. The lowest BCUT2D eigenvalue weighted by atomic mass is 10.1. The van der Waals surface area contributed by atoms with Crippen molar-refractivity contribution in [1.82, 2.24) is 9.55 Å². The van der Waals surface area contributed by atoms with Crippen molar-refractivity contribution in [2.45, 2.75) is 45.0 Å². The third-order valence-corrected chi connectivity index (χ3v) is 3.74. The number of rotatable bonds is 6. The molecular weight excluding hydrogens is 260 g/mol. The molecule has 0 radical (unpaired) electrons. The molecule has 19 heavy (non-hydrogen) atoms. The molecule has 3 nitrogen and oxygen atoms in total. The third kappa shape index (κ3) is 2.86. The van der Waals surface area contributed by atoms with Gasteiger partial charge < -0.3 is 9.30 Å². The molecule has 0 aliphatic rings. The summed E-state index contributed by atoms with van der Waals surface area (Å²) in [4.78, 5) is 4.61. The summed E-state index contributed by atoms with van der Waals surface area (Å²) in [6.07, 6.45) is 3.56. The van der Waals surface area contributed by atoms with Crippen molar-refractivity contribution in [3.63, 3.8) is 0 Å². The van der Waals surface area contributed by atoms with Crippen molar-refractivity contribution in [3.8, 4) is 5.75 Å². The summed E-state index contributed by atoms with van der Waals surface area (Å²) in [5.74, 6) is 2.24. The smallest absolute Gasteiger partial charge is 0.125 e. The van der Waals surface area contributed by atoms with Gasteiger partial charge in [0.15, 0.2) is 0 Å². The van der Waals surface area contributed by atoms with Gasteiger partial charge in [0.25, 0.3) is 0 Å². The first-order chi connectivity index (χ1) is 9.21. The molecule has 0 amide bonds. The van der Waals surface area contributed by atoms with Crippen LogP contribution in [0.1, 0.15) is 45.0 Å². The molecule has 0 bridgehead atoms. The molecular formula is C15H21ClN2O. The van der Waals surface area contributed by atoms with Crippen molar-refractivity contribution in [2.75, 3.05) is 7.11 Å². The normalized spacial score (nSPS) is 12.8. The summed E-state index contributed by atoms with van der Waals surface area (Å²) in [6, 6.07) is 6.38. The van der Waals surface area contributed by atoms with Crippen molar-refractivity contribution < 1.29 is 4.74 Å². The van der Waals surface area contributed by atoms with E-state index in [1.807, 2.05) is 18.2 Å². The van der Waals surface area contributed by atoms with Gasteiger partial charge in [-0.2, -0.15) is 0 Å². The predicted molar refractivity (Wildman–Crippen MR) is 80.1 cm³/mol. The first kappa shape index (κ1) is 14.2. The molecule has 2 aromatic rings.